The van der Waals surface area contributed by atoms with Crippen molar-refractivity contribution in [3.63, 3.8) is 0 Å². The summed E-state index contributed by atoms with van der Waals surface area (Å²) < 4.78 is 17.4. The molecule has 2 heterocycles. The molecule has 10 nitrogen and oxygen atoms in total. The lowest BCUT2D eigenvalue weighted by Gasteiger charge is -2.33. The molecule has 5 atom stereocenters. The van der Waals surface area contributed by atoms with Crippen molar-refractivity contribution in [3.05, 3.63) is 138 Å². The van der Waals surface area contributed by atoms with E-state index in [4.69, 9.17) is 14.2 Å². The number of nitrogens with zero attached hydrogens (tertiary/aromatic N) is 1. The van der Waals surface area contributed by atoms with Gasteiger partial charge in [-0.25, -0.2) is 0 Å². The van der Waals surface area contributed by atoms with E-state index < -0.39 is 41.5 Å². The fraction of sp³-hybridized carbons (Fsp3) is 0.326. The van der Waals surface area contributed by atoms with Gasteiger partial charge in [0.15, 0.2) is 11.5 Å². The van der Waals surface area contributed by atoms with E-state index in [9.17, 15) is 19.5 Å². The number of benzene rings is 4. The molecule has 0 unspecified atom stereocenters. The van der Waals surface area contributed by atoms with Crippen LogP contribution in [0.5, 0.6) is 17.2 Å². The van der Waals surface area contributed by atoms with Crippen molar-refractivity contribution in [2.45, 2.75) is 68.9 Å². The highest BCUT2D eigenvalue weighted by Crippen LogP contribution is 2.54. The van der Waals surface area contributed by atoms with Gasteiger partial charge in [-0.15, -0.1) is 6.58 Å². The molecule has 0 saturated heterocycles. The van der Waals surface area contributed by atoms with Gasteiger partial charge in [0.05, 0.1) is 25.7 Å². The van der Waals surface area contributed by atoms with Crippen molar-refractivity contribution in [2.24, 2.45) is 0 Å². The molecular weight excluding hydrogens is 670 g/mol. The van der Waals surface area contributed by atoms with E-state index in [1.54, 1.807) is 50.3 Å². The summed E-state index contributed by atoms with van der Waals surface area (Å²) in [6.07, 6.45) is 2.17. The van der Waals surface area contributed by atoms with Gasteiger partial charge in [-0.3, -0.25) is 14.4 Å². The van der Waals surface area contributed by atoms with Crippen molar-refractivity contribution in [3.8, 4) is 17.2 Å². The van der Waals surface area contributed by atoms with Crippen molar-refractivity contribution in [1.82, 2.24) is 15.5 Å². The maximum Gasteiger partial charge on any atom is 0.251 e. The first-order valence-electron chi connectivity index (χ1n) is 18.0. The number of ether oxygens (including phenoxy) is 3. The minimum Gasteiger partial charge on any atom is -0.497 e. The van der Waals surface area contributed by atoms with Crippen LogP contribution in [0.25, 0.3) is 0 Å². The smallest absolute Gasteiger partial charge is 0.251 e. The molecule has 0 saturated carbocycles. The lowest BCUT2D eigenvalue weighted by atomic mass is 9.72. The Morgan fingerprint density at radius 2 is 1.55 bits per heavy atom. The molecule has 0 fully saturated rings. The molecule has 276 valence electrons. The summed E-state index contributed by atoms with van der Waals surface area (Å²) in [5.74, 6) is 0.650. The molecule has 3 amide bonds. The summed E-state index contributed by atoms with van der Waals surface area (Å²) in [6, 6.07) is 27.5. The van der Waals surface area contributed by atoms with Gasteiger partial charge in [0.25, 0.3) is 5.91 Å². The quantitative estimate of drug-likeness (QED) is 0.154. The van der Waals surface area contributed by atoms with Gasteiger partial charge < -0.3 is 34.9 Å². The van der Waals surface area contributed by atoms with Crippen LogP contribution in [-0.2, 0) is 34.4 Å². The van der Waals surface area contributed by atoms with Crippen LogP contribution >= 0.6 is 0 Å². The monoisotopic (exact) mass is 717 g/mol. The normalized spacial score (nSPS) is 19.0. The van der Waals surface area contributed by atoms with Crippen LogP contribution in [0.2, 0.25) is 0 Å². The van der Waals surface area contributed by atoms with Crippen LogP contribution in [0.3, 0.4) is 0 Å². The van der Waals surface area contributed by atoms with Crippen molar-refractivity contribution in [2.75, 3.05) is 20.8 Å². The molecular formula is C43H47N3O7. The number of hydrogen-bond acceptors (Lipinski definition) is 7. The molecule has 0 aliphatic carbocycles. The molecule has 10 heteroatoms. The lowest BCUT2D eigenvalue weighted by molar-refractivity contribution is -0.137. The second kappa shape index (κ2) is 16.4. The molecule has 0 aromatic heterocycles. The third-order valence-corrected chi connectivity index (χ3v) is 10.3. The van der Waals surface area contributed by atoms with E-state index in [0.29, 0.717) is 42.2 Å². The number of amides is 3. The Kier molecular flexibility index (Phi) is 11.5. The van der Waals surface area contributed by atoms with E-state index in [1.165, 1.54) is 0 Å². The highest BCUT2D eigenvalue weighted by molar-refractivity contribution is 5.98. The fourth-order valence-electron chi connectivity index (χ4n) is 7.50. The van der Waals surface area contributed by atoms with Gasteiger partial charge in [0, 0.05) is 43.5 Å². The van der Waals surface area contributed by atoms with Gasteiger partial charge in [0.2, 0.25) is 11.8 Å². The predicted octanol–water partition coefficient (Wildman–Crippen LogP) is 5.16. The minimum absolute atomic E-state index is 0.217. The second-order valence-electron chi connectivity index (χ2n) is 13.8. The molecule has 0 radical (unpaired) electrons. The zero-order valence-corrected chi connectivity index (χ0v) is 30.4. The van der Waals surface area contributed by atoms with Crippen molar-refractivity contribution >= 4 is 17.7 Å². The largest absolute Gasteiger partial charge is 0.497 e. The van der Waals surface area contributed by atoms with Crippen LogP contribution in [0.4, 0.5) is 0 Å². The van der Waals surface area contributed by atoms with Gasteiger partial charge in [0.1, 0.15) is 23.9 Å². The van der Waals surface area contributed by atoms with Crippen molar-refractivity contribution < 1.29 is 33.7 Å². The van der Waals surface area contributed by atoms with Crippen LogP contribution in [0.1, 0.15) is 52.4 Å². The Balaban J connectivity index is 1.30. The average molecular weight is 718 g/mol. The van der Waals surface area contributed by atoms with E-state index in [0.717, 1.165) is 22.3 Å². The number of rotatable bonds is 14. The number of hydrogen-bond donors (Lipinski definition) is 3. The summed E-state index contributed by atoms with van der Waals surface area (Å²) in [7, 11) is 3.14. The zero-order chi connectivity index (χ0) is 37.5. The molecule has 53 heavy (non-hydrogen) atoms. The summed E-state index contributed by atoms with van der Waals surface area (Å²) in [5, 5.41) is 16.4. The molecule has 0 bridgehead atoms. The number of aliphatic hydroxyl groups excluding tert-OH is 1. The van der Waals surface area contributed by atoms with E-state index >= 15 is 0 Å². The Hall–Kier alpha value is -5.61. The van der Waals surface area contributed by atoms with Crippen molar-refractivity contribution in [1.29, 1.82) is 0 Å². The summed E-state index contributed by atoms with van der Waals surface area (Å²) in [4.78, 5) is 44.3. The topological polar surface area (TPSA) is 126 Å². The maximum absolute atomic E-state index is 14.8. The van der Waals surface area contributed by atoms with Gasteiger partial charge in [-0.1, -0.05) is 72.8 Å². The molecule has 4 aromatic carbocycles. The first-order valence-corrected chi connectivity index (χ1v) is 18.0. The zero-order valence-electron chi connectivity index (χ0n) is 30.4. The Labute approximate surface area is 310 Å². The SMILES string of the molecule is C=C[C@@]12CCN(C(=O)[C@H](Cc3ccccc3)NC(=O)[C@H](Cc3ccccc3)NC(=O)c3ccc(OC)cc3)Cc3ccc(OC)c(c31)O[C@H]2C[C@H](C)O. The van der Waals surface area contributed by atoms with E-state index in [-0.39, 0.29) is 25.3 Å². The lowest BCUT2D eigenvalue weighted by Crippen LogP contribution is -2.55. The van der Waals surface area contributed by atoms with Gasteiger partial charge in [-0.2, -0.15) is 0 Å². The minimum atomic E-state index is -0.977. The Bertz CT molecular complexity index is 1920. The maximum atomic E-state index is 14.8. The number of carbonyl (C=O) groups is 3. The number of aliphatic hydroxyl groups is 1. The third-order valence-electron chi connectivity index (χ3n) is 10.3. The van der Waals surface area contributed by atoms with Crippen LogP contribution in [-0.4, -0.2) is 72.8 Å². The summed E-state index contributed by atoms with van der Waals surface area (Å²) in [6.45, 7) is 6.57. The third kappa shape index (κ3) is 8.08. The van der Waals surface area contributed by atoms with Crippen LogP contribution in [0.15, 0.2) is 110 Å². The highest BCUT2D eigenvalue weighted by atomic mass is 16.5. The molecule has 2 aliphatic rings. The average Bonchev–Trinajstić information content (AvgIpc) is 3.38. The summed E-state index contributed by atoms with van der Waals surface area (Å²) >= 11 is 0. The first-order chi connectivity index (χ1) is 25.6. The molecule has 2 aliphatic heterocycles. The first kappa shape index (κ1) is 37.2. The summed E-state index contributed by atoms with van der Waals surface area (Å²) in [5.41, 5.74) is 3.24. The predicted molar refractivity (Wildman–Crippen MR) is 202 cm³/mol. The standard InChI is InChI=1S/C43H47N3O7/c1-5-43-22-23-46(27-32-18-21-36(52-4)39(38(32)43)53-37(43)24-28(2)47)42(50)35(26-30-14-10-7-11-15-30)45-41(49)34(25-29-12-8-6-9-13-29)44-40(48)31-16-19-33(51-3)20-17-31/h5-21,28,34-35,37,47H,1,22-27H2,2-4H3,(H,44,48)(H,45,49)/t28-,34-,35-,37-,43-/m0/s1. The fourth-order valence-corrected chi connectivity index (χ4v) is 7.50. The van der Waals surface area contributed by atoms with Gasteiger partial charge in [-0.05, 0) is 60.4 Å². The van der Waals surface area contributed by atoms with Crippen LogP contribution < -0.4 is 24.8 Å². The second-order valence-corrected chi connectivity index (χ2v) is 13.8. The van der Waals surface area contributed by atoms with E-state index in [2.05, 4.69) is 17.2 Å². The highest BCUT2D eigenvalue weighted by Gasteiger charge is 2.51. The number of methoxy groups -OCH3 is 2. The Morgan fingerprint density at radius 1 is 0.906 bits per heavy atom. The number of carbonyl (C=O) groups excluding carboxylic acids is 3. The molecule has 6 rings (SSSR count). The molecule has 4 aromatic rings. The van der Waals surface area contributed by atoms with Crippen LogP contribution in [0, 0.1) is 0 Å². The molecule has 3 N–H and O–H groups in total. The number of nitrogens with one attached hydrogen (secondary N) is 2. The molecule has 0 spiro atoms. The Morgan fingerprint density at radius 3 is 2.13 bits per heavy atom. The van der Waals surface area contributed by atoms with Gasteiger partial charge >= 0.3 is 0 Å². The van der Waals surface area contributed by atoms with E-state index in [1.807, 2.05) is 78.9 Å².